The monoisotopic (exact) mass is 284 g/mol. The summed E-state index contributed by atoms with van der Waals surface area (Å²) in [5.41, 5.74) is 1.29. The quantitative estimate of drug-likeness (QED) is 0.845. The molecule has 0 unspecified atom stereocenters. The number of carboxylic acids is 1. The van der Waals surface area contributed by atoms with E-state index >= 15 is 0 Å². The minimum atomic E-state index is -1.09. The lowest BCUT2D eigenvalue weighted by Gasteiger charge is -2.10. The van der Waals surface area contributed by atoms with Crippen molar-refractivity contribution in [3.05, 3.63) is 39.9 Å². The van der Waals surface area contributed by atoms with Gasteiger partial charge in [-0.1, -0.05) is 41.8 Å². The van der Waals surface area contributed by atoms with Crippen LogP contribution in [0.25, 0.3) is 0 Å². The lowest BCUT2D eigenvalue weighted by molar-refractivity contribution is -0.139. The van der Waals surface area contributed by atoms with Gasteiger partial charge in [0.1, 0.15) is 10.8 Å². The first kappa shape index (κ1) is 14.4. The van der Waals surface area contributed by atoms with E-state index in [1.165, 1.54) is 0 Å². The van der Waals surface area contributed by atoms with Crippen LogP contribution in [0.2, 0.25) is 10.0 Å². The molecule has 0 fully saturated rings. The van der Waals surface area contributed by atoms with Gasteiger partial charge < -0.3 is 9.84 Å². The molecule has 0 aliphatic heterocycles. The van der Waals surface area contributed by atoms with Gasteiger partial charge in [-0.25, -0.2) is 4.79 Å². The van der Waals surface area contributed by atoms with Crippen LogP contribution in [0, 0.1) is 12.3 Å². The third kappa shape index (κ3) is 3.69. The zero-order valence-electron chi connectivity index (χ0n) is 9.37. The zero-order valence-corrected chi connectivity index (χ0v) is 10.9. The summed E-state index contributed by atoms with van der Waals surface area (Å²) >= 11 is 12.0. The molecule has 0 atom stereocenters. The van der Waals surface area contributed by atoms with Crippen molar-refractivity contribution in [2.45, 2.75) is 6.42 Å². The van der Waals surface area contributed by atoms with Crippen molar-refractivity contribution in [1.82, 2.24) is 0 Å². The molecule has 1 aromatic rings. The molecule has 3 nitrogen and oxygen atoms in total. The predicted octanol–water partition coefficient (Wildman–Crippen LogP) is 3.19. The first-order valence-corrected chi connectivity index (χ1v) is 5.67. The van der Waals surface area contributed by atoms with Crippen molar-refractivity contribution in [2.75, 3.05) is 6.61 Å². The van der Waals surface area contributed by atoms with Gasteiger partial charge in [-0.3, -0.25) is 0 Å². The Kier molecular flexibility index (Phi) is 5.08. The first-order chi connectivity index (χ1) is 8.45. The Morgan fingerprint density at radius 3 is 2.67 bits per heavy atom. The molecule has 5 heteroatoms. The van der Waals surface area contributed by atoms with Gasteiger partial charge in [-0.05, 0) is 17.2 Å². The molecule has 0 aromatic heterocycles. The smallest absolute Gasteiger partial charge is 0.341 e. The number of terminal acetylenes is 1. The molecule has 0 heterocycles. The average Bonchev–Trinajstić information content (AvgIpc) is 2.33. The molecule has 94 valence electrons. The van der Waals surface area contributed by atoms with Crippen LogP contribution in [-0.2, 0) is 11.2 Å². The van der Waals surface area contributed by atoms with Crippen molar-refractivity contribution in [3.8, 4) is 18.1 Å². The lowest BCUT2D eigenvalue weighted by atomic mass is 10.1. The maximum atomic E-state index is 10.4. The number of aliphatic carboxylic acids is 1. The fourth-order valence-corrected chi connectivity index (χ4v) is 1.70. The van der Waals surface area contributed by atoms with Gasteiger partial charge in [0.05, 0.1) is 5.02 Å². The topological polar surface area (TPSA) is 46.5 Å². The van der Waals surface area contributed by atoms with Crippen molar-refractivity contribution in [3.63, 3.8) is 0 Å². The Morgan fingerprint density at radius 1 is 1.44 bits per heavy atom. The molecule has 1 N–H and O–H groups in total. The summed E-state index contributed by atoms with van der Waals surface area (Å²) in [5.74, 6) is 1.54. The Balaban J connectivity index is 2.95. The van der Waals surface area contributed by atoms with E-state index in [9.17, 15) is 4.79 Å². The molecule has 0 bridgehead atoms. The number of halogens is 2. The normalized spacial score (nSPS) is 9.61. The van der Waals surface area contributed by atoms with Crippen LogP contribution < -0.4 is 4.74 Å². The average molecular weight is 285 g/mol. The van der Waals surface area contributed by atoms with Crippen LogP contribution >= 0.6 is 23.2 Å². The predicted molar refractivity (Wildman–Crippen MR) is 71.3 cm³/mol. The van der Waals surface area contributed by atoms with E-state index in [1.807, 2.05) is 0 Å². The van der Waals surface area contributed by atoms with Crippen LogP contribution in [0.3, 0.4) is 0 Å². The van der Waals surface area contributed by atoms with E-state index in [2.05, 4.69) is 12.5 Å². The van der Waals surface area contributed by atoms with Gasteiger partial charge in [0.15, 0.2) is 6.61 Å². The molecule has 0 aliphatic carbocycles. The molecule has 0 saturated heterocycles. The Hall–Kier alpha value is -1.63. The minimum Gasteiger partial charge on any atom is -0.480 e. The fraction of sp³-hybridized carbons (Fsp3) is 0.154. The highest BCUT2D eigenvalue weighted by atomic mass is 35.5. The van der Waals surface area contributed by atoms with E-state index in [0.29, 0.717) is 17.6 Å². The Morgan fingerprint density at radius 2 is 2.11 bits per heavy atom. The molecule has 0 spiro atoms. The molecule has 18 heavy (non-hydrogen) atoms. The van der Waals surface area contributed by atoms with Gasteiger partial charge in [-0.2, -0.15) is 0 Å². The van der Waals surface area contributed by atoms with Crippen LogP contribution in [0.1, 0.15) is 5.56 Å². The highest BCUT2D eigenvalue weighted by Gasteiger charge is 2.12. The number of allylic oxidation sites excluding steroid dienone is 1. The van der Waals surface area contributed by atoms with Gasteiger partial charge in [0.25, 0.3) is 0 Å². The van der Waals surface area contributed by atoms with E-state index in [1.54, 1.807) is 12.1 Å². The van der Waals surface area contributed by atoms with Gasteiger partial charge in [-0.15, -0.1) is 6.42 Å². The van der Waals surface area contributed by atoms with Crippen LogP contribution in [0.15, 0.2) is 24.3 Å². The summed E-state index contributed by atoms with van der Waals surface area (Å²) < 4.78 is 4.99. The third-order valence-corrected chi connectivity index (χ3v) is 2.99. The lowest BCUT2D eigenvalue weighted by Crippen LogP contribution is -2.09. The number of ether oxygens (including phenoxy) is 1. The number of rotatable bonds is 5. The standard InChI is InChI=1S/C13H10Cl2O3/c1-3-8(2)6-9-4-5-10(13(15)12(9)14)18-7-11(16)17/h1,4-5H,2,6-7H2,(H,16,17). The van der Waals surface area contributed by atoms with Crippen LogP contribution in [0.5, 0.6) is 5.75 Å². The maximum Gasteiger partial charge on any atom is 0.341 e. The van der Waals surface area contributed by atoms with Crippen LogP contribution in [-0.4, -0.2) is 17.7 Å². The van der Waals surface area contributed by atoms with E-state index < -0.39 is 12.6 Å². The van der Waals surface area contributed by atoms with Crippen molar-refractivity contribution >= 4 is 29.2 Å². The first-order valence-electron chi connectivity index (χ1n) is 4.91. The molecule has 0 aliphatic rings. The largest absolute Gasteiger partial charge is 0.480 e. The summed E-state index contributed by atoms with van der Waals surface area (Å²) in [7, 11) is 0. The second-order valence-corrected chi connectivity index (χ2v) is 4.21. The van der Waals surface area contributed by atoms with Gasteiger partial charge >= 0.3 is 5.97 Å². The van der Waals surface area contributed by atoms with Crippen molar-refractivity contribution < 1.29 is 14.6 Å². The Bertz CT molecular complexity index is 530. The van der Waals surface area contributed by atoms with Crippen molar-refractivity contribution in [1.29, 1.82) is 0 Å². The summed E-state index contributed by atoms with van der Waals surface area (Å²) in [5, 5.41) is 8.96. The second-order valence-electron chi connectivity index (χ2n) is 3.46. The number of benzene rings is 1. The maximum absolute atomic E-state index is 10.4. The second kappa shape index (κ2) is 6.34. The zero-order chi connectivity index (χ0) is 13.7. The van der Waals surface area contributed by atoms with Crippen LogP contribution in [0.4, 0.5) is 0 Å². The number of hydrogen-bond donors (Lipinski definition) is 1. The van der Waals surface area contributed by atoms with E-state index in [4.69, 9.17) is 39.5 Å². The Labute approximate surface area is 115 Å². The molecule has 0 amide bonds. The molecule has 0 radical (unpaired) electrons. The molecular weight excluding hydrogens is 275 g/mol. The SMILES string of the molecule is C#CC(=C)Cc1ccc(OCC(=O)O)c(Cl)c1Cl. The van der Waals surface area contributed by atoms with Gasteiger partial charge in [0, 0.05) is 6.42 Å². The molecule has 1 rings (SSSR count). The summed E-state index contributed by atoms with van der Waals surface area (Å²) in [6, 6.07) is 3.23. The minimum absolute atomic E-state index is 0.167. The number of carbonyl (C=O) groups is 1. The molecular formula is C13H10Cl2O3. The van der Waals surface area contributed by atoms with Crippen molar-refractivity contribution in [2.24, 2.45) is 0 Å². The third-order valence-electron chi connectivity index (χ3n) is 2.09. The fourth-order valence-electron chi connectivity index (χ4n) is 1.24. The summed E-state index contributed by atoms with van der Waals surface area (Å²) in [6.07, 6.45) is 5.61. The highest BCUT2D eigenvalue weighted by molar-refractivity contribution is 6.43. The summed E-state index contributed by atoms with van der Waals surface area (Å²) in [4.78, 5) is 10.4. The van der Waals surface area contributed by atoms with E-state index in [0.717, 1.165) is 0 Å². The van der Waals surface area contributed by atoms with E-state index in [-0.39, 0.29) is 15.8 Å². The highest BCUT2D eigenvalue weighted by Crippen LogP contribution is 2.35. The van der Waals surface area contributed by atoms with Gasteiger partial charge in [0.2, 0.25) is 0 Å². The molecule has 1 aromatic carbocycles. The number of carboxylic acid groups (broad SMARTS) is 1. The summed E-state index contributed by atoms with van der Waals surface area (Å²) in [6.45, 7) is 3.19. The molecule has 0 saturated carbocycles. The number of hydrogen-bond acceptors (Lipinski definition) is 2.